The molecule has 0 saturated heterocycles. The number of halogens is 1. The molecule has 16 heavy (non-hydrogen) atoms. The summed E-state index contributed by atoms with van der Waals surface area (Å²) >= 11 is 0. The Morgan fingerprint density at radius 2 is 2.31 bits per heavy atom. The zero-order valence-corrected chi connectivity index (χ0v) is 9.13. The maximum atomic E-state index is 12.7. The predicted molar refractivity (Wildman–Crippen MR) is 59.6 cm³/mol. The molecule has 3 N–H and O–H groups in total. The molecule has 5 heteroatoms. The lowest BCUT2D eigenvalue weighted by molar-refractivity contribution is 0.0923. The number of ether oxygens (including phenoxy) is 1. The summed E-state index contributed by atoms with van der Waals surface area (Å²) in [5.74, 6) is -0.777. The number of nitrogens with two attached hydrogens (primary N) is 1. The van der Waals surface area contributed by atoms with Gasteiger partial charge in [0.2, 0.25) is 0 Å². The number of hydrogen-bond acceptors (Lipinski definition) is 3. The first-order valence-electron chi connectivity index (χ1n) is 5.06. The zero-order chi connectivity index (χ0) is 12.0. The Kier molecular flexibility index (Phi) is 4.72. The van der Waals surface area contributed by atoms with Crippen molar-refractivity contribution < 1.29 is 13.9 Å². The van der Waals surface area contributed by atoms with E-state index in [2.05, 4.69) is 5.32 Å². The average molecular weight is 226 g/mol. The molecule has 88 valence electrons. The van der Waals surface area contributed by atoms with Gasteiger partial charge in [-0.3, -0.25) is 4.79 Å². The van der Waals surface area contributed by atoms with E-state index in [9.17, 15) is 9.18 Å². The van der Waals surface area contributed by atoms with Crippen molar-refractivity contribution in [2.45, 2.75) is 6.92 Å². The molecule has 0 fully saturated rings. The Hall–Kier alpha value is -1.62. The van der Waals surface area contributed by atoms with Gasteiger partial charge in [0.25, 0.3) is 5.91 Å². The Bertz CT molecular complexity index is 369. The molecule has 0 aliphatic heterocycles. The van der Waals surface area contributed by atoms with Gasteiger partial charge in [0.05, 0.1) is 12.2 Å². The van der Waals surface area contributed by atoms with E-state index in [0.717, 1.165) is 6.07 Å². The normalized spacial score (nSPS) is 10.1. The van der Waals surface area contributed by atoms with Crippen LogP contribution < -0.4 is 11.1 Å². The molecule has 0 aliphatic carbocycles. The quantitative estimate of drug-likeness (QED) is 0.585. The molecule has 1 aromatic rings. The number of hydrogen-bond donors (Lipinski definition) is 2. The fourth-order valence-electron chi connectivity index (χ4n) is 1.22. The van der Waals surface area contributed by atoms with Crippen LogP contribution in [0.4, 0.5) is 10.1 Å². The van der Waals surface area contributed by atoms with Crippen molar-refractivity contribution in [2.75, 3.05) is 25.5 Å². The molecule has 0 aromatic heterocycles. The standard InChI is InChI=1S/C11H15FN2O2/c1-2-16-6-5-14-11(15)9-4-3-8(12)7-10(9)13/h3-4,7H,2,5-6,13H2,1H3,(H,14,15). The van der Waals surface area contributed by atoms with Crippen LogP contribution in [0.1, 0.15) is 17.3 Å². The second kappa shape index (κ2) is 6.07. The molecule has 0 bridgehead atoms. The molecule has 1 rings (SSSR count). The van der Waals surface area contributed by atoms with Gasteiger partial charge in [-0.15, -0.1) is 0 Å². The highest BCUT2D eigenvalue weighted by molar-refractivity contribution is 5.99. The third kappa shape index (κ3) is 3.51. The molecular formula is C11H15FN2O2. The average Bonchev–Trinajstić information content (AvgIpc) is 2.24. The Labute approximate surface area is 93.6 Å². The topological polar surface area (TPSA) is 64.3 Å². The minimum absolute atomic E-state index is 0.133. The molecule has 0 spiro atoms. The van der Waals surface area contributed by atoms with Crippen molar-refractivity contribution in [1.29, 1.82) is 0 Å². The van der Waals surface area contributed by atoms with E-state index >= 15 is 0 Å². The summed E-state index contributed by atoms with van der Waals surface area (Å²) in [6, 6.07) is 3.69. The number of nitrogens with one attached hydrogen (secondary N) is 1. The Morgan fingerprint density at radius 1 is 1.56 bits per heavy atom. The molecule has 0 saturated carbocycles. The van der Waals surface area contributed by atoms with Crippen molar-refractivity contribution in [3.05, 3.63) is 29.6 Å². The lowest BCUT2D eigenvalue weighted by Gasteiger charge is -2.07. The van der Waals surface area contributed by atoms with Crippen LogP contribution in [0.3, 0.4) is 0 Å². The number of benzene rings is 1. The molecule has 0 aliphatic rings. The van der Waals surface area contributed by atoms with Gasteiger partial charge >= 0.3 is 0 Å². The summed E-state index contributed by atoms with van der Waals surface area (Å²) in [6.07, 6.45) is 0. The highest BCUT2D eigenvalue weighted by atomic mass is 19.1. The maximum absolute atomic E-state index is 12.7. The van der Waals surface area contributed by atoms with Crippen LogP contribution in [0, 0.1) is 5.82 Å². The van der Waals surface area contributed by atoms with E-state index in [4.69, 9.17) is 10.5 Å². The summed E-state index contributed by atoms with van der Waals surface area (Å²) in [6.45, 7) is 3.33. The third-order valence-electron chi connectivity index (χ3n) is 1.99. The molecule has 1 amide bonds. The maximum Gasteiger partial charge on any atom is 0.253 e. The monoisotopic (exact) mass is 226 g/mol. The Balaban J connectivity index is 2.53. The summed E-state index contributed by atoms with van der Waals surface area (Å²) in [7, 11) is 0. The first kappa shape index (κ1) is 12.4. The van der Waals surface area contributed by atoms with Crippen LogP contribution in [0.5, 0.6) is 0 Å². The Morgan fingerprint density at radius 3 is 2.94 bits per heavy atom. The van der Waals surface area contributed by atoms with Crippen molar-refractivity contribution in [3.63, 3.8) is 0 Å². The van der Waals surface area contributed by atoms with Crippen LogP contribution in [-0.2, 0) is 4.74 Å². The molecular weight excluding hydrogens is 211 g/mol. The van der Waals surface area contributed by atoms with Crippen LogP contribution in [0.25, 0.3) is 0 Å². The van der Waals surface area contributed by atoms with Gasteiger partial charge in [-0.1, -0.05) is 0 Å². The summed E-state index contributed by atoms with van der Waals surface area (Å²) in [5.41, 5.74) is 5.93. The highest BCUT2D eigenvalue weighted by Crippen LogP contribution is 2.12. The van der Waals surface area contributed by atoms with Crippen molar-refractivity contribution >= 4 is 11.6 Å². The van der Waals surface area contributed by atoms with Crippen molar-refractivity contribution in [3.8, 4) is 0 Å². The predicted octanol–water partition coefficient (Wildman–Crippen LogP) is 1.17. The lowest BCUT2D eigenvalue weighted by atomic mass is 10.1. The van der Waals surface area contributed by atoms with Gasteiger partial charge in [-0.25, -0.2) is 4.39 Å². The number of carbonyl (C=O) groups is 1. The minimum atomic E-state index is -0.455. The first-order valence-corrected chi connectivity index (χ1v) is 5.06. The van der Waals surface area contributed by atoms with Crippen LogP contribution in [0.15, 0.2) is 18.2 Å². The van der Waals surface area contributed by atoms with Crippen LogP contribution in [0.2, 0.25) is 0 Å². The number of carbonyl (C=O) groups excluding carboxylic acids is 1. The number of amides is 1. The zero-order valence-electron chi connectivity index (χ0n) is 9.13. The smallest absolute Gasteiger partial charge is 0.253 e. The number of nitrogen functional groups attached to an aromatic ring is 1. The minimum Gasteiger partial charge on any atom is -0.398 e. The molecule has 0 heterocycles. The van der Waals surface area contributed by atoms with Gasteiger partial charge in [0.1, 0.15) is 5.82 Å². The van der Waals surface area contributed by atoms with Gasteiger partial charge < -0.3 is 15.8 Å². The number of rotatable bonds is 5. The second-order valence-corrected chi connectivity index (χ2v) is 3.18. The van der Waals surface area contributed by atoms with E-state index in [1.165, 1.54) is 12.1 Å². The number of anilines is 1. The van der Waals surface area contributed by atoms with E-state index < -0.39 is 5.82 Å². The van der Waals surface area contributed by atoms with E-state index in [1.54, 1.807) is 0 Å². The summed E-state index contributed by atoms with van der Waals surface area (Å²) in [4.78, 5) is 11.6. The fourth-order valence-corrected chi connectivity index (χ4v) is 1.22. The van der Waals surface area contributed by atoms with Crippen molar-refractivity contribution in [2.24, 2.45) is 0 Å². The lowest BCUT2D eigenvalue weighted by Crippen LogP contribution is -2.28. The SMILES string of the molecule is CCOCCNC(=O)c1ccc(F)cc1N. The van der Waals surface area contributed by atoms with Gasteiger partial charge in [-0.05, 0) is 25.1 Å². The van der Waals surface area contributed by atoms with Crippen LogP contribution >= 0.6 is 0 Å². The third-order valence-corrected chi connectivity index (χ3v) is 1.99. The van der Waals surface area contributed by atoms with E-state index in [0.29, 0.717) is 19.8 Å². The summed E-state index contributed by atoms with van der Waals surface area (Å²) in [5, 5.41) is 2.63. The molecule has 0 radical (unpaired) electrons. The van der Waals surface area contributed by atoms with Gasteiger partial charge in [0, 0.05) is 18.8 Å². The summed E-state index contributed by atoms with van der Waals surface area (Å²) < 4.78 is 17.8. The van der Waals surface area contributed by atoms with Gasteiger partial charge in [0.15, 0.2) is 0 Å². The van der Waals surface area contributed by atoms with Gasteiger partial charge in [-0.2, -0.15) is 0 Å². The first-order chi connectivity index (χ1) is 7.65. The van der Waals surface area contributed by atoms with Crippen LogP contribution in [-0.4, -0.2) is 25.7 Å². The molecule has 0 unspecified atom stereocenters. The fraction of sp³-hybridized carbons (Fsp3) is 0.364. The largest absolute Gasteiger partial charge is 0.398 e. The van der Waals surface area contributed by atoms with E-state index in [1.807, 2.05) is 6.92 Å². The van der Waals surface area contributed by atoms with Crippen molar-refractivity contribution in [1.82, 2.24) is 5.32 Å². The highest BCUT2D eigenvalue weighted by Gasteiger charge is 2.09. The molecule has 1 aromatic carbocycles. The van der Waals surface area contributed by atoms with E-state index in [-0.39, 0.29) is 17.2 Å². The molecule has 4 nitrogen and oxygen atoms in total. The molecule has 0 atom stereocenters. The second-order valence-electron chi connectivity index (χ2n) is 3.18.